The summed E-state index contributed by atoms with van der Waals surface area (Å²) in [6.07, 6.45) is 1.53. The standard InChI is InChI=1S/C22H18N4O2/c1-15-7-12-20(28-15)22(27)26-18-10-8-17(9-11-18)25-21-13-19(23-14-24-21)16-5-3-2-4-6-16/h2-14H,1H3,(H,26,27)(H,23,24,25). The fourth-order valence-corrected chi connectivity index (χ4v) is 2.73. The predicted molar refractivity (Wildman–Crippen MR) is 109 cm³/mol. The fourth-order valence-electron chi connectivity index (χ4n) is 2.73. The second kappa shape index (κ2) is 7.75. The van der Waals surface area contributed by atoms with Crippen LogP contribution in [0.3, 0.4) is 0 Å². The monoisotopic (exact) mass is 370 g/mol. The number of aryl methyl sites for hydroxylation is 1. The molecule has 6 heteroatoms. The van der Waals surface area contributed by atoms with E-state index in [-0.39, 0.29) is 11.7 Å². The second-order valence-corrected chi connectivity index (χ2v) is 6.22. The topological polar surface area (TPSA) is 80.0 Å². The van der Waals surface area contributed by atoms with Gasteiger partial charge in [0.25, 0.3) is 5.91 Å². The molecule has 0 saturated carbocycles. The van der Waals surface area contributed by atoms with Gasteiger partial charge in [-0.15, -0.1) is 0 Å². The smallest absolute Gasteiger partial charge is 0.291 e. The van der Waals surface area contributed by atoms with Crippen molar-refractivity contribution in [2.45, 2.75) is 6.92 Å². The second-order valence-electron chi connectivity index (χ2n) is 6.22. The number of rotatable bonds is 5. The molecule has 0 spiro atoms. The zero-order valence-corrected chi connectivity index (χ0v) is 15.2. The van der Waals surface area contributed by atoms with Crippen LogP contribution in [0, 0.1) is 6.92 Å². The number of aromatic nitrogens is 2. The molecule has 0 aliphatic heterocycles. The zero-order chi connectivity index (χ0) is 19.3. The SMILES string of the molecule is Cc1ccc(C(=O)Nc2ccc(Nc3cc(-c4ccccc4)ncn3)cc2)o1. The molecule has 138 valence electrons. The van der Waals surface area contributed by atoms with Crippen molar-refractivity contribution in [3.8, 4) is 11.3 Å². The highest BCUT2D eigenvalue weighted by Gasteiger charge is 2.10. The molecule has 0 saturated heterocycles. The number of hydrogen-bond acceptors (Lipinski definition) is 5. The molecule has 28 heavy (non-hydrogen) atoms. The molecule has 0 aliphatic rings. The van der Waals surface area contributed by atoms with E-state index in [1.54, 1.807) is 19.1 Å². The highest BCUT2D eigenvalue weighted by molar-refractivity contribution is 6.02. The van der Waals surface area contributed by atoms with E-state index in [0.29, 0.717) is 17.3 Å². The maximum Gasteiger partial charge on any atom is 0.291 e. The zero-order valence-electron chi connectivity index (χ0n) is 15.2. The molecule has 2 aromatic heterocycles. The number of hydrogen-bond donors (Lipinski definition) is 2. The van der Waals surface area contributed by atoms with E-state index in [4.69, 9.17) is 4.42 Å². The van der Waals surface area contributed by atoms with E-state index in [2.05, 4.69) is 20.6 Å². The van der Waals surface area contributed by atoms with E-state index in [1.807, 2.05) is 60.7 Å². The van der Waals surface area contributed by atoms with Crippen molar-refractivity contribution in [2.24, 2.45) is 0 Å². The molecule has 0 atom stereocenters. The number of anilines is 3. The van der Waals surface area contributed by atoms with Gasteiger partial charge in [-0.2, -0.15) is 0 Å². The maximum atomic E-state index is 12.1. The molecule has 4 aromatic rings. The van der Waals surface area contributed by atoms with Gasteiger partial charge in [-0.3, -0.25) is 4.79 Å². The summed E-state index contributed by atoms with van der Waals surface area (Å²) in [5.74, 6) is 1.40. The summed E-state index contributed by atoms with van der Waals surface area (Å²) in [6, 6.07) is 22.6. The first-order chi connectivity index (χ1) is 13.7. The minimum Gasteiger partial charge on any atom is -0.456 e. The van der Waals surface area contributed by atoms with Crippen molar-refractivity contribution in [3.05, 3.63) is 90.6 Å². The largest absolute Gasteiger partial charge is 0.456 e. The molecule has 0 unspecified atom stereocenters. The average Bonchev–Trinajstić information content (AvgIpc) is 3.17. The Morgan fingerprint density at radius 3 is 2.36 bits per heavy atom. The number of carbonyl (C=O) groups excluding carboxylic acids is 1. The first-order valence-corrected chi connectivity index (χ1v) is 8.80. The van der Waals surface area contributed by atoms with Crippen molar-refractivity contribution < 1.29 is 9.21 Å². The van der Waals surface area contributed by atoms with Gasteiger partial charge in [0.05, 0.1) is 5.69 Å². The summed E-state index contributed by atoms with van der Waals surface area (Å²) in [5.41, 5.74) is 3.40. The van der Waals surface area contributed by atoms with Gasteiger partial charge in [-0.05, 0) is 43.3 Å². The number of amides is 1. The molecule has 0 bridgehead atoms. The first-order valence-electron chi connectivity index (χ1n) is 8.80. The van der Waals surface area contributed by atoms with Crippen molar-refractivity contribution in [1.29, 1.82) is 0 Å². The lowest BCUT2D eigenvalue weighted by Gasteiger charge is -2.08. The molecule has 6 nitrogen and oxygen atoms in total. The Labute approximate surface area is 162 Å². The Bertz CT molecular complexity index is 1090. The summed E-state index contributed by atoms with van der Waals surface area (Å²) in [5, 5.41) is 6.05. The summed E-state index contributed by atoms with van der Waals surface area (Å²) in [7, 11) is 0. The van der Waals surface area contributed by atoms with E-state index >= 15 is 0 Å². The van der Waals surface area contributed by atoms with Crippen LogP contribution in [0.2, 0.25) is 0 Å². The van der Waals surface area contributed by atoms with Crippen molar-refractivity contribution in [2.75, 3.05) is 10.6 Å². The number of furan rings is 1. The van der Waals surface area contributed by atoms with Crippen LogP contribution < -0.4 is 10.6 Å². The van der Waals surface area contributed by atoms with Crippen LogP contribution in [0.5, 0.6) is 0 Å². The fraction of sp³-hybridized carbons (Fsp3) is 0.0455. The first kappa shape index (κ1) is 17.5. The number of nitrogens with one attached hydrogen (secondary N) is 2. The highest BCUT2D eigenvalue weighted by atomic mass is 16.3. The third-order valence-electron chi connectivity index (χ3n) is 4.12. The van der Waals surface area contributed by atoms with Crippen molar-refractivity contribution in [1.82, 2.24) is 9.97 Å². The van der Waals surface area contributed by atoms with E-state index in [0.717, 1.165) is 16.9 Å². The average molecular weight is 370 g/mol. The summed E-state index contributed by atoms with van der Waals surface area (Å²) >= 11 is 0. The third-order valence-corrected chi connectivity index (χ3v) is 4.12. The van der Waals surface area contributed by atoms with Crippen LogP contribution in [0.4, 0.5) is 17.2 Å². The summed E-state index contributed by atoms with van der Waals surface area (Å²) in [4.78, 5) is 20.7. The quantitative estimate of drug-likeness (QED) is 0.514. The minimum absolute atomic E-state index is 0.280. The van der Waals surface area contributed by atoms with E-state index in [9.17, 15) is 4.79 Å². The Balaban J connectivity index is 1.44. The Morgan fingerprint density at radius 1 is 0.893 bits per heavy atom. The van der Waals surface area contributed by atoms with Crippen LogP contribution in [0.1, 0.15) is 16.3 Å². The Morgan fingerprint density at radius 2 is 1.64 bits per heavy atom. The van der Waals surface area contributed by atoms with Gasteiger partial charge >= 0.3 is 0 Å². The molecular formula is C22H18N4O2. The molecular weight excluding hydrogens is 352 g/mol. The van der Waals surface area contributed by atoms with Crippen LogP contribution in [-0.4, -0.2) is 15.9 Å². The van der Waals surface area contributed by atoms with Crippen LogP contribution >= 0.6 is 0 Å². The Kier molecular flexibility index (Phi) is 4.84. The normalized spacial score (nSPS) is 10.5. The summed E-state index contributed by atoms with van der Waals surface area (Å²) in [6.45, 7) is 1.80. The molecule has 2 N–H and O–H groups in total. The lowest BCUT2D eigenvalue weighted by molar-refractivity contribution is 0.0995. The van der Waals surface area contributed by atoms with Gasteiger partial charge in [-0.25, -0.2) is 9.97 Å². The van der Waals surface area contributed by atoms with Crippen LogP contribution in [-0.2, 0) is 0 Å². The number of carbonyl (C=O) groups is 1. The lowest BCUT2D eigenvalue weighted by atomic mass is 10.1. The molecule has 1 amide bonds. The lowest BCUT2D eigenvalue weighted by Crippen LogP contribution is -2.10. The molecule has 2 heterocycles. The van der Waals surface area contributed by atoms with Gasteiger partial charge < -0.3 is 15.1 Å². The van der Waals surface area contributed by atoms with Crippen LogP contribution in [0.15, 0.2) is 83.5 Å². The molecule has 4 rings (SSSR count). The number of nitrogens with zero attached hydrogens (tertiary/aromatic N) is 2. The third kappa shape index (κ3) is 4.07. The van der Waals surface area contributed by atoms with Crippen molar-refractivity contribution in [3.63, 3.8) is 0 Å². The van der Waals surface area contributed by atoms with Crippen molar-refractivity contribution >= 4 is 23.1 Å². The van der Waals surface area contributed by atoms with Gasteiger partial charge in [0.1, 0.15) is 17.9 Å². The highest BCUT2D eigenvalue weighted by Crippen LogP contribution is 2.22. The van der Waals surface area contributed by atoms with Gasteiger partial charge in [0.2, 0.25) is 0 Å². The maximum absolute atomic E-state index is 12.1. The number of benzene rings is 2. The Hall–Kier alpha value is -3.93. The molecule has 2 aromatic carbocycles. The summed E-state index contributed by atoms with van der Waals surface area (Å²) < 4.78 is 5.33. The predicted octanol–water partition coefficient (Wildman–Crippen LogP) is 5.04. The van der Waals surface area contributed by atoms with E-state index < -0.39 is 0 Å². The van der Waals surface area contributed by atoms with Gasteiger partial charge in [-0.1, -0.05) is 30.3 Å². The van der Waals surface area contributed by atoms with Gasteiger partial charge in [0.15, 0.2) is 5.76 Å². The van der Waals surface area contributed by atoms with E-state index in [1.165, 1.54) is 6.33 Å². The molecule has 0 aliphatic carbocycles. The van der Waals surface area contributed by atoms with Crippen LogP contribution in [0.25, 0.3) is 11.3 Å². The minimum atomic E-state index is -0.280. The molecule has 0 fully saturated rings. The molecule has 0 radical (unpaired) electrons. The van der Waals surface area contributed by atoms with Gasteiger partial charge in [0, 0.05) is 23.0 Å².